The lowest BCUT2D eigenvalue weighted by atomic mass is 10.2. The molecule has 1 amide bonds. The predicted molar refractivity (Wildman–Crippen MR) is 105 cm³/mol. The zero-order chi connectivity index (χ0) is 20.0. The van der Waals surface area contributed by atoms with E-state index in [-0.39, 0.29) is 10.8 Å². The molecule has 0 saturated heterocycles. The summed E-state index contributed by atoms with van der Waals surface area (Å²) in [6, 6.07) is 7.87. The normalized spacial score (nSPS) is 11.4. The molecule has 1 N–H and O–H groups in total. The number of aromatic nitrogens is 1. The van der Waals surface area contributed by atoms with Gasteiger partial charge in [-0.15, -0.1) is 0 Å². The maximum Gasteiger partial charge on any atom is 0.257 e. The Bertz CT molecular complexity index is 892. The number of nitrogens with one attached hydrogen (secondary N) is 1. The van der Waals surface area contributed by atoms with Crippen molar-refractivity contribution in [2.75, 3.05) is 25.0 Å². The Morgan fingerprint density at radius 1 is 1.15 bits per heavy atom. The molecule has 2 aromatic rings. The Kier molecular flexibility index (Phi) is 6.92. The van der Waals surface area contributed by atoms with E-state index >= 15 is 0 Å². The van der Waals surface area contributed by atoms with Crippen LogP contribution in [0.1, 0.15) is 36.8 Å². The maximum atomic E-state index is 12.8. The van der Waals surface area contributed by atoms with E-state index in [1.807, 2.05) is 13.8 Å². The molecule has 0 aliphatic heterocycles. The molecular weight excluding hydrogens is 366 g/mol. The van der Waals surface area contributed by atoms with Gasteiger partial charge in [-0.25, -0.2) is 8.42 Å². The molecule has 7 nitrogen and oxygen atoms in total. The topological polar surface area (TPSA) is 88.6 Å². The average molecular weight is 391 g/mol. The second kappa shape index (κ2) is 8.96. The van der Waals surface area contributed by atoms with Gasteiger partial charge in [-0.2, -0.15) is 4.31 Å². The third-order valence-corrected chi connectivity index (χ3v) is 6.06. The van der Waals surface area contributed by atoms with Gasteiger partial charge >= 0.3 is 0 Å². The molecule has 0 spiro atoms. The van der Waals surface area contributed by atoms with Gasteiger partial charge in [-0.3, -0.25) is 9.78 Å². The monoisotopic (exact) mass is 391 g/mol. The molecule has 0 unspecified atom stereocenters. The average Bonchev–Trinajstić information content (AvgIpc) is 2.64. The minimum atomic E-state index is -3.65. The Hall–Kier alpha value is -2.45. The van der Waals surface area contributed by atoms with Crippen molar-refractivity contribution in [3.8, 4) is 5.75 Å². The number of rotatable bonds is 8. The third kappa shape index (κ3) is 4.84. The molecule has 1 heterocycles. The summed E-state index contributed by atoms with van der Waals surface area (Å²) >= 11 is 0. The number of nitrogens with zero attached hydrogens (tertiary/aromatic N) is 2. The fraction of sp³-hybridized carbons (Fsp3) is 0.368. The summed E-state index contributed by atoms with van der Waals surface area (Å²) in [5, 5.41) is 2.73. The molecule has 2 rings (SSSR count). The van der Waals surface area contributed by atoms with Gasteiger partial charge in [0.25, 0.3) is 5.91 Å². The van der Waals surface area contributed by atoms with Crippen LogP contribution in [0.4, 0.5) is 5.69 Å². The van der Waals surface area contributed by atoms with E-state index in [9.17, 15) is 13.2 Å². The van der Waals surface area contributed by atoms with E-state index in [0.717, 1.165) is 5.69 Å². The molecule has 8 heteroatoms. The highest BCUT2D eigenvalue weighted by molar-refractivity contribution is 7.89. The van der Waals surface area contributed by atoms with Crippen LogP contribution in [0.15, 0.2) is 41.4 Å². The van der Waals surface area contributed by atoms with Crippen LogP contribution in [0.3, 0.4) is 0 Å². The number of hydrogen-bond donors (Lipinski definition) is 1. The number of aryl methyl sites for hydroxylation is 1. The van der Waals surface area contributed by atoms with E-state index in [4.69, 9.17) is 4.74 Å². The minimum Gasteiger partial charge on any atom is -0.492 e. The van der Waals surface area contributed by atoms with Gasteiger partial charge in [0, 0.05) is 25.0 Å². The first-order valence-electron chi connectivity index (χ1n) is 8.84. The number of carbonyl (C=O) groups excluding carboxylic acids is 1. The fourth-order valence-electron chi connectivity index (χ4n) is 2.56. The smallest absolute Gasteiger partial charge is 0.257 e. The van der Waals surface area contributed by atoms with Gasteiger partial charge in [0.2, 0.25) is 10.0 Å². The molecule has 0 aliphatic rings. The van der Waals surface area contributed by atoms with Gasteiger partial charge in [0.15, 0.2) is 0 Å². The van der Waals surface area contributed by atoms with Crippen LogP contribution in [0.5, 0.6) is 5.75 Å². The summed E-state index contributed by atoms with van der Waals surface area (Å²) in [4.78, 5) is 16.7. The first-order chi connectivity index (χ1) is 12.8. The molecule has 0 aliphatic carbocycles. The first-order valence-corrected chi connectivity index (χ1v) is 10.3. The van der Waals surface area contributed by atoms with Crippen LogP contribution >= 0.6 is 0 Å². The number of anilines is 1. The van der Waals surface area contributed by atoms with Gasteiger partial charge < -0.3 is 10.1 Å². The second-order valence-corrected chi connectivity index (χ2v) is 7.76. The number of pyridine rings is 1. The van der Waals surface area contributed by atoms with Crippen LogP contribution < -0.4 is 10.1 Å². The van der Waals surface area contributed by atoms with Crippen molar-refractivity contribution < 1.29 is 17.9 Å². The highest BCUT2D eigenvalue weighted by Crippen LogP contribution is 2.29. The molecule has 0 atom stereocenters. The maximum absolute atomic E-state index is 12.8. The van der Waals surface area contributed by atoms with E-state index in [2.05, 4.69) is 10.3 Å². The summed E-state index contributed by atoms with van der Waals surface area (Å²) in [6.07, 6.45) is 1.47. The van der Waals surface area contributed by atoms with E-state index < -0.39 is 10.0 Å². The molecule has 146 valence electrons. The lowest BCUT2D eigenvalue weighted by molar-refractivity contribution is 0.102. The summed E-state index contributed by atoms with van der Waals surface area (Å²) in [5.74, 6) is 0.0188. The number of carbonyl (C=O) groups is 1. The summed E-state index contributed by atoms with van der Waals surface area (Å²) in [6.45, 7) is 8.32. The van der Waals surface area contributed by atoms with Gasteiger partial charge in [-0.05, 0) is 44.2 Å². The molecule has 0 bridgehead atoms. The lowest BCUT2D eigenvalue weighted by Crippen LogP contribution is -2.30. The Morgan fingerprint density at radius 2 is 1.85 bits per heavy atom. The number of benzene rings is 1. The van der Waals surface area contributed by atoms with Crippen LogP contribution in [0.2, 0.25) is 0 Å². The van der Waals surface area contributed by atoms with Crippen LogP contribution in [-0.4, -0.2) is 43.3 Å². The highest BCUT2D eigenvalue weighted by atomic mass is 32.2. The predicted octanol–water partition coefficient (Wildman–Crippen LogP) is 3.07. The Morgan fingerprint density at radius 3 is 2.41 bits per heavy atom. The van der Waals surface area contributed by atoms with Crippen molar-refractivity contribution in [1.29, 1.82) is 0 Å². The Labute approximate surface area is 160 Å². The number of sulfonamides is 1. The second-order valence-electron chi connectivity index (χ2n) is 5.82. The summed E-state index contributed by atoms with van der Waals surface area (Å²) in [5.41, 5.74) is 1.48. The minimum absolute atomic E-state index is 0.104. The van der Waals surface area contributed by atoms with Crippen molar-refractivity contribution in [3.63, 3.8) is 0 Å². The largest absolute Gasteiger partial charge is 0.492 e. The zero-order valence-corrected chi connectivity index (χ0v) is 16.8. The third-order valence-electron chi connectivity index (χ3n) is 4.02. The summed E-state index contributed by atoms with van der Waals surface area (Å²) in [7, 11) is -3.65. The van der Waals surface area contributed by atoms with Crippen molar-refractivity contribution in [1.82, 2.24) is 9.29 Å². The Balaban J connectivity index is 2.41. The van der Waals surface area contributed by atoms with Gasteiger partial charge in [0.05, 0.1) is 22.8 Å². The van der Waals surface area contributed by atoms with Crippen LogP contribution in [0.25, 0.3) is 0 Å². The molecular formula is C19H25N3O4S. The van der Waals surface area contributed by atoms with Crippen LogP contribution in [-0.2, 0) is 10.0 Å². The number of amides is 1. The molecule has 0 saturated carbocycles. The SMILES string of the molecule is CCOc1ccc(S(=O)(=O)N(CC)CC)cc1NC(=O)c1ccc(C)nc1. The lowest BCUT2D eigenvalue weighted by Gasteiger charge is -2.20. The van der Waals surface area contributed by atoms with Crippen molar-refractivity contribution in [2.24, 2.45) is 0 Å². The molecule has 27 heavy (non-hydrogen) atoms. The van der Waals surface area contributed by atoms with E-state index in [1.165, 1.54) is 22.6 Å². The van der Waals surface area contributed by atoms with E-state index in [1.54, 1.807) is 32.0 Å². The molecule has 0 radical (unpaired) electrons. The van der Waals surface area contributed by atoms with Crippen LogP contribution in [0, 0.1) is 6.92 Å². The standard InChI is InChI=1S/C19H25N3O4S/c1-5-22(6-2)27(24,25)16-10-11-18(26-7-3)17(12-16)21-19(23)15-9-8-14(4)20-13-15/h8-13H,5-7H2,1-4H3,(H,21,23). The van der Waals surface area contributed by atoms with E-state index in [0.29, 0.717) is 36.7 Å². The molecule has 1 aromatic carbocycles. The number of hydrogen-bond acceptors (Lipinski definition) is 5. The highest BCUT2D eigenvalue weighted by Gasteiger charge is 2.23. The van der Waals surface area contributed by atoms with Crippen molar-refractivity contribution in [2.45, 2.75) is 32.6 Å². The van der Waals surface area contributed by atoms with Crippen molar-refractivity contribution in [3.05, 3.63) is 47.8 Å². The molecule has 0 fully saturated rings. The van der Waals surface area contributed by atoms with Gasteiger partial charge in [-0.1, -0.05) is 13.8 Å². The fourth-order valence-corrected chi connectivity index (χ4v) is 4.04. The molecule has 1 aromatic heterocycles. The van der Waals surface area contributed by atoms with Crippen molar-refractivity contribution >= 4 is 21.6 Å². The summed E-state index contributed by atoms with van der Waals surface area (Å²) < 4.78 is 32.4. The van der Waals surface area contributed by atoms with Gasteiger partial charge in [0.1, 0.15) is 5.75 Å². The zero-order valence-electron chi connectivity index (χ0n) is 16.0. The first kappa shape index (κ1) is 20.9. The number of ether oxygens (including phenoxy) is 1. The quantitative estimate of drug-likeness (QED) is 0.747.